The van der Waals surface area contributed by atoms with Crippen LogP contribution in [0.2, 0.25) is 0 Å². The molecule has 4 aromatic carbocycles. The van der Waals surface area contributed by atoms with Gasteiger partial charge in [-0.2, -0.15) is 0 Å². The van der Waals surface area contributed by atoms with E-state index in [1.807, 2.05) is 42.5 Å². The number of sulfonamides is 1. The lowest BCUT2D eigenvalue weighted by Crippen LogP contribution is -2.17. The van der Waals surface area contributed by atoms with Gasteiger partial charge in [0.15, 0.2) is 0 Å². The maximum atomic E-state index is 13.2. The third-order valence-corrected chi connectivity index (χ3v) is 8.04. The second kappa shape index (κ2) is 11.0. The van der Waals surface area contributed by atoms with E-state index in [-0.39, 0.29) is 16.2 Å². The highest BCUT2D eigenvalue weighted by atomic mass is 32.2. The highest BCUT2D eigenvalue weighted by Crippen LogP contribution is 2.39. The topological polar surface area (TPSA) is 110 Å². The van der Waals surface area contributed by atoms with E-state index in [1.54, 1.807) is 61.7 Å². The maximum Gasteiger partial charge on any atom is 0.418 e. The van der Waals surface area contributed by atoms with E-state index in [2.05, 4.69) is 35.8 Å². The van der Waals surface area contributed by atoms with Crippen LogP contribution in [0, 0.1) is 0 Å². The summed E-state index contributed by atoms with van der Waals surface area (Å²) >= 11 is 0. The average Bonchev–Trinajstić information content (AvgIpc) is 3.30. The summed E-state index contributed by atoms with van der Waals surface area (Å²) in [6.45, 7) is 6.23. The molecule has 41 heavy (non-hydrogen) atoms. The van der Waals surface area contributed by atoms with E-state index < -0.39 is 16.1 Å². The molecule has 0 aliphatic carbocycles. The summed E-state index contributed by atoms with van der Waals surface area (Å²) in [4.78, 5) is 16.1. The summed E-state index contributed by atoms with van der Waals surface area (Å²) in [5.74, 6) is 0.897. The maximum absolute atomic E-state index is 13.2. The van der Waals surface area contributed by atoms with Gasteiger partial charge in [-0.25, -0.2) is 13.2 Å². The summed E-state index contributed by atoms with van der Waals surface area (Å²) in [6.07, 6.45) is -0.682. The van der Waals surface area contributed by atoms with Crippen molar-refractivity contribution < 1.29 is 22.7 Å². The molecule has 5 aromatic rings. The molecule has 0 fully saturated rings. The summed E-state index contributed by atoms with van der Waals surface area (Å²) < 4.78 is 40.0. The molecule has 9 heteroatoms. The fourth-order valence-electron chi connectivity index (χ4n) is 4.46. The molecule has 1 aromatic heterocycles. The molecule has 0 aliphatic heterocycles. The number of H-pyrrole nitrogens is 1. The number of aromatic amines is 1. The number of anilines is 2. The number of ether oxygens (including phenoxy) is 2. The molecule has 0 aliphatic rings. The molecule has 3 N–H and O–H groups in total. The Morgan fingerprint density at radius 3 is 2.12 bits per heavy atom. The molecule has 1 amide bonds. The lowest BCUT2D eigenvalue weighted by Gasteiger charge is -2.19. The van der Waals surface area contributed by atoms with Gasteiger partial charge in [0.2, 0.25) is 5.88 Å². The minimum absolute atomic E-state index is 0.0891. The van der Waals surface area contributed by atoms with E-state index in [9.17, 15) is 13.2 Å². The standard InChI is InChI=1S/C32H31N3O5S/c1-32(2,3)22-10-17-26(18-11-22)41(37,38)35-24-14-19-28-27(20-24)29(21-8-6-5-7-9-21)30(34-28)40-31(36)33-23-12-15-25(39-4)16-13-23/h5-20,34-35H,1-4H3,(H,33,36). The van der Waals surface area contributed by atoms with Gasteiger partial charge in [0.05, 0.1) is 17.6 Å². The molecular weight excluding hydrogens is 538 g/mol. The predicted octanol–water partition coefficient (Wildman–Crippen LogP) is 7.55. The van der Waals surface area contributed by atoms with Crippen molar-refractivity contribution in [2.75, 3.05) is 17.1 Å². The zero-order chi connectivity index (χ0) is 29.2. The van der Waals surface area contributed by atoms with Crippen molar-refractivity contribution in [3.63, 3.8) is 0 Å². The molecule has 0 atom stereocenters. The van der Waals surface area contributed by atoms with Crippen LogP contribution in [0.1, 0.15) is 26.3 Å². The summed E-state index contributed by atoms with van der Waals surface area (Å²) in [6, 6.07) is 28.3. The number of benzene rings is 4. The van der Waals surface area contributed by atoms with Gasteiger partial charge in [0, 0.05) is 22.3 Å². The first kappa shape index (κ1) is 27.8. The Labute approximate surface area is 239 Å². The van der Waals surface area contributed by atoms with Crippen LogP contribution in [0.4, 0.5) is 16.2 Å². The molecule has 0 unspecified atom stereocenters. The van der Waals surface area contributed by atoms with Crippen molar-refractivity contribution >= 4 is 38.4 Å². The highest BCUT2D eigenvalue weighted by Gasteiger charge is 2.21. The summed E-state index contributed by atoms with van der Waals surface area (Å²) in [7, 11) is -2.27. The molecule has 210 valence electrons. The SMILES string of the molecule is COc1ccc(NC(=O)Oc2[nH]c3ccc(NS(=O)(=O)c4ccc(C(C)(C)C)cc4)cc3c2-c2ccccc2)cc1. The predicted molar refractivity (Wildman–Crippen MR) is 162 cm³/mol. The molecule has 0 saturated heterocycles. The number of fused-ring (bicyclic) bond motifs is 1. The zero-order valence-corrected chi connectivity index (χ0v) is 24.0. The lowest BCUT2D eigenvalue weighted by molar-refractivity contribution is 0.214. The van der Waals surface area contributed by atoms with Gasteiger partial charge in [-0.1, -0.05) is 63.2 Å². The van der Waals surface area contributed by atoms with E-state index in [0.29, 0.717) is 33.6 Å². The van der Waals surface area contributed by atoms with E-state index >= 15 is 0 Å². The first-order valence-electron chi connectivity index (χ1n) is 13.0. The minimum atomic E-state index is -3.84. The quantitative estimate of drug-likeness (QED) is 0.187. The van der Waals surface area contributed by atoms with Crippen LogP contribution in [0.15, 0.2) is 102 Å². The first-order chi connectivity index (χ1) is 19.5. The van der Waals surface area contributed by atoms with Crippen molar-refractivity contribution in [3.05, 3.63) is 103 Å². The van der Waals surface area contributed by atoms with Gasteiger partial charge >= 0.3 is 6.09 Å². The van der Waals surface area contributed by atoms with Crippen molar-refractivity contribution in [1.29, 1.82) is 0 Å². The Morgan fingerprint density at radius 1 is 0.829 bits per heavy atom. The van der Waals surface area contributed by atoms with E-state index in [1.165, 1.54) is 0 Å². The largest absolute Gasteiger partial charge is 0.497 e. The Balaban J connectivity index is 1.46. The molecule has 0 bridgehead atoms. The lowest BCUT2D eigenvalue weighted by atomic mass is 9.87. The van der Waals surface area contributed by atoms with Crippen molar-refractivity contribution in [3.8, 4) is 22.8 Å². The van der Waals surface area contributed by atoms with E-state index in [4.69, 9.17) is 9.47 Å². The van der Waals surface area contributed by atoms with Crippen LogP contribution >= 0.6 is 0 Å². The van der Waals surface area contributed by atoms with Gasteiger partial charge < -0.3 is 14.5 Å². The van der Waals surface area contributed by atoms with Gasteiger partial charge in [-0.05, 0) is 71.1 Å². The van der Waals surface area contributed by atoms with Crippen LogP contribution < -0.4 is 19.5 Å². The van der Waals surface area contributed by atoms with Gasteiger partial charge in [-0.15, -0.1) is 0 Å². The number of rotatable bonds is 7. The Morgan fingerprint density at radius 2 is 1.49 bits per heavy atom. The van der Waals surface area contributed by atoms with Gasteiger partial charge in [0.1, 0.15) is 5.75 Å². The fraction of sp³-hybridized carbons (Fsp3) is 0.156. The number of hydrogen-bond acceptors (Lipinski definition) is 5. The van der Waals surface area contributed by atoms with Crippen molar-refractivity contribution in [1.82, 2.24) is 4.98 Å². The molecule has 0 spiro atoms. The van der Waals surface area contributed by atoms with Crippen molar-refractivity contribution in [2.45, 2.75) is 31.1 Å². The fourth-order valence-corrected chi connectivity index (χ4v) is 5.51. The number of hydrogen-bond donors (Lipinski definition) is 3. The van der Waals surface area contributed by atoms with Crippen LogP contribution in [-0.2, 0) is 15.4 Å². The number of aromatic nitrogens is 1. The minimum Gasteiger partial charge on any atom is -0.497 e. The number of nitrogens with one attached hydrogen (secondary N) is 3. The second-order valence-corrected chi connectivity index (χ2v) is 12.3. The number of carbonyl (C=O) groups excluding carboxylic acids is 1. The van der Waals surface area contributed by atoms with Gasteiger partial charge in [-0.3, -0.25) is 10.0 Å². The van der Waals surface area contributed by atoms with Crippen LogP contribution in [-0.4, -0.2) is 26.6 Å². The Bertz CT molecular complexity index is 1790. The molecule has 1 heterocycles. The third-order valence-electron chi connectivity index (χ3n) is 6.64. The third kappa shape index (κ3) is 6.20. The van der Waals surface area contributed by atoms with E-state index in [0.717, 1.165) is 11.1 Å². The highest BCUT2D eigenvalue weighted by molar-refractivity contribution is 7.92. The Hall–Kier alpha value is -4.76. The van der Waals surface area contributed by atoms with Crippen LogP contribution in [0.5, 0.6) is 11.6 Å². The smallest absolute Gasteiger partial charge is 0.418 e. The van der Waals surface area contributed by atoms with Gasteiger partial charge in [0.25, 0.3) is 10.0 Å². The number of amides is 1. The summed E-state index contributed by atoms with van der Waals surface area (Å²) in [5, 5.41) is 3.40. The first-order valence-corrected chi connectivity index (χ1v) is 14.5. The molecule has 0 saturated carbocycles. The summed E-state index contributed by atoms with van der Waals surface area (Å²) in [5.41, 5.74) is 3.97. The number of carbonyl (C=O) groups is 1. The Kier molecular flexibility index (Phi) is 7.47. The molecule has 5 rings (SSSR count). The number of methoxy groups -OCH3 is 1. The molecule has 0 radical (unpaired) electrons. The van der Waals surface area contributed by atoms with Crippen LogP contribution in [0.3, 0.4) is 0 Å². The monoisotopic (exact) mass is 569 g/mol. The van der Waals surface area contributed by atoms with Crippen LogP contribution in [0.25, 0.3) is 22.0 Å². The average molecular weight is 570 g/mol. The van der Waals surface area contributed by atoms with Crippen molar-refractivity contribution in [2.24, 2.45) is 0 Å². The second-order valence-electron chi connectivity index (χ2n) is 10.6. The normalized spacial score (nSPS) is 11.7. The molecule has 8 nitrogen and oxygen atoms in total. The zero-order valence-electron chi connectivity index (χ0n) is 23.2. The molecular formula is C32H31N3O5S.